The van der Waals surface area contributed by atoms with Crippen LogP contribution in [0.4, 0.5) is 18.9 Å². The standard InChI is InChI=1S/C18H13F3N2O2S/c1-10(17(24)23-13-6-7-14(20)15(21)8-13)26-18-22-9-16(25-18)11-2-4-12(19)5-3-11/h2-10H,1H3,(H,23,24). The fourth-order valence-electron chi connectivity index (χ4n) is 2.08. The lowest BCUT2D eigenvalue weighted by atomic mass is 10.2. The molecule has 1 atom stereocenters. The fourth-order valence-corrected chi connectivity index (χ4v) is 2.80. The Bertz CT molecular complexity index is 928. The summed E-state index contributed by atoms with van der Waals surface area (Å²) in [6.45, 7) is 1.63. The van der Waals surface area contributed by atoms with Crippen LogP contribution in [-0.2, 0) is 4.79 Å². The Morgan fingerprint density at radius 3 is 2.54 bits per heavy atom. The Morgan fingerprint density at radius 1 is 1.12 bits per heavy atom. The minimum atomic E-state index is -1.04. The zero-order valence-corrected chi connectivity index (χ0v) is 14.3. The molecule has 0 radical (unpaired) electrons. The van der Waals surface area contributed by atoms with Crippen LogP contribution in [0.2, 0.25) is 0 Å². The number of anilines is 1. The van der Waals surface area contributed by atoms with Gasteiger partial charge in [-0.3, -0.25) is 4.79 Å². The number of rotatable bonds is 5. The van der Waals surface area contributed by atoms with Gasteiger partial charge >= 0.3 is 0 Å². The molecule has 4 nitrogen and oxygen atoms in total. The van der Waals surface area contributed by atoms with E-state index in [4.69, 9.17) is 4.42 Å². The van der Waals surface area contributed by atoms with Crippen LogP contribution in [-0.4, -0.2) is 16.1 Å². The number of nitrogens with zero attached hydrogens (tertiary/aromatic N) is 1. The van der Waals surface area contributed by atoms with Gasteiger partial charge in [-0.2, -0.15) is 0 Å². The molecule has 0 spiro atoms. The number of thioether (sulfide) groups is 1. The molecule has 0 aliphatic rings. The molecule has 26 heavy (non-hydrogen) atoms. The second-order valence-electron chi connectivity index (χ2n) is 5.38. The summed E-state index contributed by atoms with van der Waals surface area (Å²) in [6.07, 6.45) is 1.48. The first-order chi connectivity index (χ1) is 12.4. The molecule has 8 heteroatoms. The molecule has 1 unspecified atom stereocenters. The predicted octanol–water partition coefficient (Wildman–Crippen LogP) is 4.88. The fraction of sp³-hybridized carbons (Fsp3) is 0.111. The molecule has 1 N–H and O–H groups in total. The highest BCUT2D eigenvalue weighted by Gasteiger charge is 2.18. The largest absolute Gasteiger partial charge is 0.431 e. The van der Waals surface area contributed by atoms with E-state index in [2.05, 4.69) is 10.3 Å². The number of hydrogen-bond acceptors (Lipinski definition) is 4. The van der Waals surface area contributed by atoms with E-state index < -0.39 is 22.8 Å². The van der Waals surface area contributed by atoms with Crippen LogP contribution in [0.1, 0.15) is 6.92 Å². The van der Waals surface area contributed by atoms with Crippen molar-refractivity contribution in [1.82, 2.24) is 4.98 Å². The molecule has 0 saturated carbocycles. The van der Waals surface area contributed by atoms with Gasteiger partial charge in [0.05, 0.1) is 11.4 Å². The highest BCUT2D eigenvalue weighted by Crippen LogP contribution is 2.28. The maximum absolute atomic E-state index is 13.2. The lowest BCUT2D eigenvalue weighted by molar-refractivity contribution is -0.115. The number of halogens is 3. The molecule has 0 aliphatic heterocycles. The molecule has 0 fully saturated rings. The first kappa shape index (κ1) is 18.1. The molecular weight excluding hydrogens is 365 g/mol. The topological polar surface area (TPSA) is 55.1 Å². The zero-order valence-electron chi connectivity index (χ0n) is 13.5. The van der Waals surface area contributed by atoms with Gasteiger partial charge in [0.25, 0.3) is 5.22 Å². The number of nitrogens with one attached hydrogen (secondary N) is 1. The van der Waals surface area contributed by atoms with Crippen LogP contribution in [0.15, 0.2) is 58.3 Å². The van der Waals surface area contributed by atoms with Crippen LogP contribution in [0.5, 0.6) is 0 Å². The second-order valence-corrected chi connectivity index (χ2v) is 6.67. The third kappa shape index (κ3) is 4.26. The van der Waals surface area contributed by atoms with Crippen molar-refractivity contribution in [2.24, 2.45) is 0 Å². The molecule has 3 rings (SSSR count). The Hall–Kier alpha value is -2.74. The van der Waals surface area contributed by atoms with Crippen molar-refractivity contribution in [1.29, 1.82) is 0 Å². The second kappa shape index (κ2) is 7.65. The minimum absolute atomic E-state index is 0.153. The van der Waals surface area contributed by atoms with Gasteiger partial charge < -0.3 is 9.73 Å². The number of carbonyl (C=O) groups is 1. The average Bonchev–Trinajstić information content (AvgIpc) is 3.07. The van der Waals surface area contributed by atoms with E-state index in [1.54, 1.807) is 19.1 Å². The number of aromatic nitrogens is 1. The quantitative estimate of drug-likeness (QED) is 0.643. The van der Waals surface area contributed by atoms with Crippen molar-refractivity contribution in [2.75, 3.05) is 5.32 Å². The Kier molecular flexibility index (Phi) is 5.32. The monoisotopic (exact) mass is 378 g/mol. The van der Waals surface area contributed by atoms with Crippen LogP contribution in [0, 0.1) is 17.5 Å². The Morgan fingerprint density at radius 2 is 1.85 bits per heavy atom. The highest BCUT2D eigenvalue weighted by molar-refractivity contribution is 8.00. The molecular formula is C18H13F3N2O2S. The van der Waals surface area contributed by atoms with Gasteiger partial charge in [0.1, 0.15) is 5.82 Å². The Labute approximate surface area is 151 Å². The first-order valence-electron chi connectivity index (χ1n) is 7.57. The van der Waals surface area contributed by atoms with Gasteiger partial charge in [-0.25, -0.2) is 18.2 Å². The van der Waals surface area contributed by atoms with Crippen molar-refractivity contribution >= 4 is 23.4 Å². The van der Waals surface area contributed by atoms with Gasteiger partial charge in [-0.15, -0.1) is 0 Å². The van der Waals surface area contributed by atoms with Gasteiger partial charge in [0.2, 0.25) is 5.91 Å². The zero-order chi connectivity index (χ0) is 18.7. The van der Waals surface area contributed by atoms with Crippen LogP contribution >= 0.6 is 11.8 Å². The van der Waals surface area contributed by atoms with Gasteiger partial charge in [-0.1, -0.05) is 11.8 Å². The van der Waals surface area contributed by atoms with E-state index in [1.165, 1.54) is 24.4 Å². The Balaban J connectivity index is 1.64. The van der Waals surface area contributed by atoms with Crippen LogP contribution in [0.25, 0.3) is 11.3 Å². The molecule has 0 bridgehead atoms. The summed E-state index contributed by atoms with van der Waals surface area (Å²) >= 11 is 1.07. The van der Waals surface area contributed by atoms with Crippen molar-refractivity contribution in [3.63, 3.8) is 0 Å². The number of oxazole rings is 1. The summed E-state index contributed by atoms with van der Waals surface area (Å²) in [6, 6.07) is 8.85. The SMILES string of the molecule is CC(Sc1ncc(-c2ccc(F)cc2)o1)C(=O)Nc1ccc(F)c(F)c1. The minimum Gasteiger partial charge on any atom is -0.431 e. The molecule has 1 aromatic heterocycles. The normalized spacial score (nSPS) is 12.0. The van der Waals surface area contributed by atoms with Gasteiger partial charge in [0, 0.05) is 17.3 Å². The summed E-state index contributed by atoms with van der Waals surface area (Å²) < 4.78 is 44.6. The predicted molar refractivity (Wildman–Crippen MR) is 92.2 cm³/mol. The van der Waals surface area contributed by atoms with E-state index >= 15 is 0 Å². The molecule has 0 saturated heterocycles. The summed E-state index contributed by atoms with van der Waals surface area (Å²) in [4.78, 5) is 16.3. The highest BCUT2D eigenvalue weighted by atomic mass is 32.2. The van der Waals surface area contributed by atoms with Crippen LogP contribution < -0.4 is 5.32 Å². The maximum Gasteiger partial charge on any atom is 0.256 e. The number of amides is 1. The third-order valence-electron chi connectivity index (χ3n) is 3.45. The summed E-state index contributed by atoms with van der Waals surface area (Å²) in [7, 11) is 0. The van der Waals surface area contributed by atoms with E-state index in [1.807, 2.05) is 0 Å². The number of hydrogen-bond donors (Lipinski definition) is 1. The summed E-state index contributed by atoms with van der Waals surface area (Å²) in [5.74, 6) is -2.35. The van der Waals surface area contributed by atoms with E-state index in [0.717, 1.165) is 23.9 Å². The van der Waals surface area contributed by atoms with E-state index in [0.29, 0.717) is 11.3 Å². The molecule has 1 heterocycles. The lowest BCUT2D eigenvalue weighted by Gasteiger charge is -2.10. The molecule has 2 aromatic carbocycles. The van der Waals surface area contributed by atoms with Crippen molar-refractivity contribution in [3.05, 3.63) is 66.1 Å². The summed E-state index contributed by atoms with van der Waals surface area (Å²) in [5, 5.41) is 2.16. The molecule has 134 valence electrons. The van der Waals surface area contributed by atoms with Crippen molar-refractivity contribution in [3.8, 4) is 11.3 Å². The first-order valence-corrected chi connectivity index (χ1v) is 8.44. The van der Waals surface area contributed by atoms with Gasteiger partial charge in [-0.05, 0) is 43.3 Å². The van der Waals surface area contributed by atoms with Crippen LogP contribution in [0.3, 0.4) is 0 Å². The number of carbonyl (C=O) groups excluding carboxylic acids is 1. The third-order valence-corrected chi connectivity index (χ3v) is 4.41. The van der Waals surface area contributed by atoms with Crippen molar-refractivity contribution in [2.45, 2.75) is 17.4 Å². The average molecular weight is 378 g/mol. The van der Waals surface area contributed by atoms with E-state index in [-0.39, 0.29) is 16.7 Å². The molecule has 0 aliphatic carbocycles. The van der Waals surface area contributed by atoms with E-state index in [9.17, 15) is 18.0 Å². The van der Waals surface area contributed by atoms with Gasteiger partial charge in [0.15, 0.2) is 17.4 Å². The lowest BCUT2D eigenvalue weighted by Crippen LogP contribution is -2.22. The maximum atomic E-state index is 13.2. The summed E-state index contributed by atoms with van der Waals surface area (Å²) in [5.41, 5.74) is 0.811. The van der Waals surface area contributed by atoms with Crippen molar-refractivity contribution < 1.29 is 22.4 Å². The smallest absolute Gasteiger partial charge is 0.256 e. The molecule has 3 aromatic rings. The molecule has 1 amide bonds. The number of benzene rings is 2.